The zero-order valence-corrected chi connectivity index (χ0v) is 13.5. The zero-order chi connectivity index (χ0) is 16.6. The Bertz CT molecular complexity index is 776. The fraction of sp³-hybridized carbons (Fsp3) is 0.0870. The van der Waals surface area contributed by atoms with Gasteiger partial charge in [0.1, 0.15) is 6.29 Å². The van der Waals surface area contributed by atoms with Crippen molar-refractivity contribution in [2.75, 3.05) is 0 Å². The fourth-order valence-corrected chi connectivity index (χ4v) is 2.94. The van der Waals surface area contributed by atoms with Crippen LogP contribution >= 0.6 is 0 Å². The molecular formula is C23H20O. The molecule has 0 amide bonds. The van der Waals surface area contributed by atoms with E-state index in [0.717, 1.165) is 23.0 Å². The quantitative estimate of drug-likeness (QED) is 0.552. The Balaban J connectivity index is 1.98. The first-order valence-electron chi connectivity index (χ1n) is 8.17. The largest absolute Gasteiger partial charge is 0.303 e. The minimum atomic E-state index is -0.200. The molecule has 3 aromatic carbocycles. The maximum atomic E-state index is 11.9. The maximum absolute atomic E-state index is 11.9. The van der Waals surface area contributed by atoms with E-state index >= 15 is 0 Å². The van der Waals surface area contributed by atoms with Crippen molar-refractivity contribution in [1.82, 2.24) is 0 Å². The molecule has 0 aliphatic rings. The lowest BCUT2D eigenvalue weighted by Gasteiger charge is -2.21. The summed E-state index contributed by atoms with van der Waals surface area (Å²) in [5, 5.41) is 0. The first kappa shape index (κ1) is 15.9. The first-order chi connectivity index (χ1) is 11.9. The van der Waals surface area contributed by atoms with Gasteiger partial charge < -0.3 is 4.79 Å². The van der Waals surface area contributed by atoms with Crippen molar-refractivity contribution in [3.63, 3.8) is 0 Å². The molecule has 0 unspecified atom stereocenters. The van der Waals surface area contributed by atoms with Crippen LogP contribution in [0.25, 0.3) is 6.08 Å². The van der Waals surface area contributed by atoms with Gasteiger partial charge in [-0.15, -0.1) is 0 Å². The molecule has 1 heteroatoms. The van der Waals surface area contributed by atoms with E-state index in [2.05, 4.69) is 36.4 Å². The van der Waals surface area contributed by atoms with E-state index in [0.29, 0.717) is 0 Å². The SMILES string of the molecule is O=C[C@@H](c1ccccc1)[C@H](/C=C/c1ccccc1)c1ccccc1. The summed E-state index contributed by atoms with van der Waals surface area (Å²) in [5.41, 5.74) is 3.32. The standard InChI is InChI=1S/C23H20O/c24-18-23(21-14-8-3-9-15-21)22(20-12-6-2-7-13-20)17-16-19-10-4-1-5-11-19/h1-18,22-23H/b17-16+/t22-,23+/m1/s1. The summed E-state index contributed by atoms with van der Waals surface area (Å²) >= 11 is 0. The summed E-state index contributed by atoms with van der Waals surface area (Å²) in [6.07, 6.45) is 5.29. The summed E-state index contributed by atoms with van der Waals surface area (Å²) in [6.45, 7) is 0. The molecule has 0 heterocycles. The summed E-state index contributed by atoms with van der Waals surface area (Å²) in [4.78, 5) is 11.9. The highest BCUT2D eigenvalue weighted by Crippen LogP contribution is 2.33. The highest BCUT2D eigenvalue weighted by Gasteiger charge is 2.22. The second-order valence-electron chi connectivity index (χ2n) is 5.78. The number of aldehydes is 1. The van der Waals surface area contributed by atoms with Crippen LogP contribution in [-0.2, 0) is 4.79 Å². The van der Waals surface area contributed by atoms with Crippen LogP contribution in [0.1, 0.15) is 28.5 Å². The van der Waals surface area contributed by atoms with Gasteiger partial charge in [-0.2, -0.15) is 0 Å². The molecule has 0 N–H and O–H groups in total. The van der Waals surface area contributed by atoms with Crippen LogP contribution < -0.4 is 0 Å². The third kappa shape index (κ3) is 3.88. The van der Waals surface area contributed by atoms with Gasteiger partial charge in [0.15, 0.2) is 0 Å². The van der Waals surface area contributed by atoms with E-state index in [1.807, 2.05) is 66.7 Å². The van der Waals surface area contributed by atoms with Gasteiger partial charge in [-0.3, -0.25) is 0 Å². The number of hydrogen-bond acceptors (Lipinski definition) is 1. The van der Waals surface area contributed by atoms with Crippen molar-refractivity contribution in [2.24, 2.45) is 0 Å². The number of rotatable bonds is 6. The molecular weight excluding hydrogens is 292 g/mol. The van der Waals surface area contributed by atoms with E-state index in [1.165, 1.54) is 0 Å². The molecule has 0 fully saturated rings. The molecule has 0 aromatic heterocycles. The van der Waals surface area contributed by atoms with Gasteiger partial charge in [0, 0.05) is 11.8 Å². The lowest BCUT2D eigenvalue weighted by molar-refractivity contribution is -0.109. The van der Waals surface area contributed by atoms with Gasteiger partial charge in [-0.1, -0.05) is 103 Å². The number of allylic oxidation sites excluding steroid dienone is 1. The van der Waals surface area contributed by atoms with Crippen LogP contribution in [0, 0.1) is 0 Å². The Morgan fingerprint density at radius 2 is 1.04 bits per heavy atom. The average Bonchev–Trinajstić information content (AvgIpc) is 2.67. The lowest BCUT2D eigenvalue weighted by Crippen LogP contribution is -2.11. The van der Waals surface area contributed by atoms with Crippen LogP contribution in [0.5, 0.6) is 0 Å². The van der Waals surface area contributed by atoms with Gasteiger partial charge in [0.25, 0.3) is 0 Å². The summed E-state index contributed by atoms with van der Waals surface area (Å²) in [6, 6.07) is 30.4. The third-order valence-corrected chi connectivity index (χ3v) is 4.20. The Hall–Kier alpha value is -2.93. The number of benzene rings is 3. The molecule has 0 saturated heterocycles. The van der Waals surface area contributed by atoms with E-state index in [4.69, 9.17) is 0 Å². The first-order valence-corrected chi connectivity index (χ1v) is 8.17. The Labute approximate surface area is 143 Å². The molecule has 0 bridgehead atoms. The van der Waals surface area contributed by atoms with Crippen LogP contribution in [0.2, 0.25) is 0 Å². The fourth-order valence-electron chi connectivity index (χ4n) is 2.94. The zero-order valence-electron chi connectivity index (χ0n) is 13.5. The second-order valence-corrected chi connectivity index (χ2v) is 5.78. The third-order valence-electron chi connectivity index (χ3n) is 4.20. The molecule has 0 radical (unpaired) electrons. The van der Waals surface area contributed by atoms with E-state index < -0.39 is 0 Å². The van der Waals surface area contributed by atoms with Gasteiger partial charge in [0.2, 0.25) is 0 Å². The summed E-state index contributed by atoms with van der Waals surface area (Å²) < 4.78 is 0. The van der Waals surface area contributed by atoms with E-state index in [9.17, 15) is 4.79 Å². The van der Waals surface area contributed by atoms with Crippen molar-refractivity contribution in [1.29, 1.82) is 0 Å². The molecule has 2 atom stereocenters. The maximum Gasteiger partial charge on any atom is 0.128 e. The highest BCUT2D eigenvalue weighted by molar-refractivity contribution is 5.66. The minimum absolute atomic E-state index is 0.00584. The summed E-state index contributed by atoms with van der Waals surface area (Å²) in [7, 11) is 0. The van der Waals surface area contributed by atoms with Gasteiger partial charge in [-0.25, -0.2) is 0 Å². The Morgan fingerprint density at radius 1 is 0.583 bits per heavy atom. The predicted octanol–water partition coefficient (Wildman–Crippen LogP) is 5.47. The van der Waals surface area contributed by atoms with E-state index in [-0.39, 0.29) is 11.8 Å². The second kappa shape index (κ2) is 8.07. The van der Waals surface area contributed by atoms with Gasteiger partial charge in [0.05, 0.1) is 0 Å². The minimum Gasteiger partial charge on any atom is -0.303 e. The van der Waals surface area contributed by atoms with Crippen LogP contribution in [0.15, 0.2) is 97.1 Å². The van der Waals surface area contributed by atoms with Crippen LogP contribution in [-0.4, -0.2) is 6.29 Å². The van der Waals surface area contributed by atoms with Crippen molar-refractivity contribution in [2.45, 2.75) is 11.8 Å². The molecule has 24 heavy (non-hydrogen) atoms. The number of carbonyl (C=O) groups excluding carboxylic acids is 1. The molecule has 0 saturated carbocycles. The van der Waals surface area contributed by atoms with Gasteiger partial charge >= 0.3 is 0 Å². The van der Waals surface area contributed by atoms with Crippen molar-refractivity contribution >= 4 is 12.4 Å². The summed E-state index contributed by atoms with van der Waals surface area (Å²) in [5.74, 6) is -0.195. The lowest BCUT2D eigenvalue weighted by atomic mass is 9.82. The van der Waals surface area contributed by atoms with Crippen LogP contribution in [0.3, 0.4) is 0 Å². The van der Waals surface area contributed by atoms with Crippen molar-refractivity contribution in [3.05, 3.63) is 114 Å². The molecule has 0 aliphatic heterocycles. The predicted molar refractivity (Wildman–Crippen MR) is 99.9 cm³/mol. The number of carbonyl (C=O) groups is 1. The molecule has 118 valence electrons. The van der Waals surface area contributed by atoms with E-state index in [1.54, 1.807) is 0 Å². The highest BCUT2D eigenvalue weighted by atomic mass is 16.1. The molecule has 3 rings (SSSR count). The topological polar surface area (TPSA) is 17.1 Å². The smallest absolute Gasteiger partial charge is 0.128 e. The monoisotopic (exact) mass is 312 g/mol. The molecule has 1 nitrogen and oxygen atoms in total. The normalized spacial score (nSPS) is 13.5. The van der Waals surface area contributed by atoms with Crippen molar-refractivity contribution in [3.8, 4) is 0 Å². The Morgan fingerprint density at radius 3 is 1.54 bits per heavy atom. The molecule has 0 spiro atoms. The van der Waals surface area contributed by atoms with Gasteiger partial charge in [-0.05, 0) is 16.7 Å². The van der Waals surface area contributed by atoms with Crippen LogP contribution in [0.4, 0.5) is 0 Å². The average molecular weight is 312 g/mol. The molecule has 0 aliphatic carbocycles. The molecule has 3 aromatic rings. The van der Waals surface area contributed by atoms with Crippen molar-refractivity contribution < 1.29 is 4.79 Å². The number of hydrogen-bond donors (Lipinski definition) is 0. The Kier molecular flexibility index (Phi) is 5.36.